The molecule has 2 nitrogen and oxygen atoms in total. The van der Waals surface area contributed by atoms with Crippen molar-refractivity contribution in [2.45, 2.75) is 0 Å². The molecule has 0 fully saturated rings. The lowest BCUT2D eigenvalue weighted by Gasteiger charge is -2.07. The number of rotatable bonds is 2. The molecule has 1 N–H and O–H groups in total. The van der Waals surface area contributed by atoms with Crippen LogP contribution in [0.25, 0.3) is 4.85 Å². The third-order valence-electron chi connectivity index (χ3n) is 2.08. The first-order valence-corrected chi connectivity index (χ1v) is 4.69. The molecule has 0 amide bonds. The Bertz CT molecular complexity index is 483. The summed E-state index contributed by atoms with van der Waals surface area (Å²) in [5, 5.41) is 3.21. The molecule has 0 spiro atoms. The minimum Gasteiger partial charge on any atom is -0.365 e. The fourth-order valence-corrected chi connectivity index (χ4v) is 1.35. The van der Waals surface area contributed by atoms with E-state index in [4.69, 9.17) is 6.57 Å². The smallest absolute Gasteiger partial charge is 0.209 e. The first kappa shape index (κ1) is 9.29. The van der Waals surface area contributed by atoms with Crippen molar-refractivity contribution in [1.82, 2.24) is 0 Å². The number of hydrogen-bond donors (Lipinski definition) is 1. The Morgan fingerprint density at radius 2 is 1.53 bits per heavy atom. The zero-order chi connectivity index (χ0) is 10.5. The molecule has 0 aliphatic carbocycles. The predicted molar refractivity (Wildman–Crippen MR) is 62.4 cm³/mol. The summed E-state index contributed by atoms with van der Waals surface area (Å²) in [4.78, 5) is 3.45. The summed E-state index contributed by atoms with van der Waals surface area (Å²) in [6.07, 6.45) is 0. The Hall–Kier alpha value is -2.27. The van der Waals surface area contributed by atoms with Crippen LogP contribution in [0, 0.1) is 6.57 Å². The standard InChI is InChI=1S/C13H10N2/c1-14-12-9-5-6-10-13(12)15-11-7-3-2-4-8-11/h2-10,15H. The lowest BCUT2D eigenvalue weighted by Crippen LogP contribution is -1.88. The number of anilines is 2. The van der Waals surface area contributed by atoms with Gasteiger partial charge in [0.25, 0.3) is 0 Å². The minimum absolute atomic E-state index is 0.640. The third-order valence-corrected chi connectivity index (χ3v) is 2.08. The quantitative estimate of drug-likeness (QED) is 0.715. The number of nitrogens with zero attached hydrogens (tertiary/aromatic N) is 1. The summed E-state index contributed by atoms with van der Waals surface area (Å²) >= 11 is 0. The number of benzene rings is 2. The molecule has 0 aliphatic heterocycles. The molecule has 0 aromatic heterocycles. The zero-order valence-electron chi connectivity index (χ0n) is 8.14. The first-order valence-electron chi connectivity index (χ1n) is 4.69. The highest BCUT2D eigenvalue weighted by Gasteiger charge is 1.99. The summed E-state index contributed by atoms with van der Waals surface area (Å²) in [6.45, 7) is 7.04. The van der Waals surface area contributed by atoms with Crippen LogP contribution in [0.3, 0.4) is 0 Å². The second kappa shape index (κ2) is 4.30. The van der Waals surface area contributed by atoms with E-state index in [2.05, 4.69) is 10.2 Å². The summed E-state index contributed by atoms with van der Waals surface area (Å²) < 4.78 is 0. The highest BCUT2D eigenvalue weighted by Crippen LogP contribution is 2.27. The maximum atomic E-state index is 7.04. The Morgan fingerprint density at radius 1 is 0.867 bits per heavy atom. The van der Waals surface area contributed by atoms with Crippen LogP contribution in [0.5, 0.6) is 0 Å². The van der Waals surface area contributed by atoms with Gasteiger partial charge < -0.3 is 5.32 Å². The van der Waals surface area contributed by atoms with Crippen molar-refractivity contribution in [2.75, 3.05) is 5.32 Å². The molecule has 2 aromatic carbocycles. The minimum atomic E-state index is 0.640. The molecule has 2 heteroatoms. The molecular formula is C13H10N2. The molecule has 0 radical (unpaired) electrons. The van der Waals surface area contributed by atoms with Crippen LogP contribution in [-0.4, -0.2) is 0 Å². The fourth-order valence-electron chi connectivity index (χ4n) is 1.35. The topological polar surface area (TPSA) is 16.4 Å². The van der Waals surface area contributed by atoms with E-state index in [1.165, 1.54) is 0 Å². The molecule has 0 aliphatic rings. The number of nitrogens with one attached hydrogen (secondary N) is 1. The van der Waals surface area contributed by atoms with Gasteiger partial charge in [-0.05, 0) is 18.2 Å². The van der Waals surface area contributed by atoms with Gasteiger partial charge in [0.05, 0.1) is 6.57 Å². The van der Waals surface area contributed by atoms with Crippen LogP contribution >= 0.6 is 0 Å². The van der Waals surface area contributed by atoms with E-state index in [0.29, 0.717) is 5.69 Å². The number of hydrogen-bond acceptors (Lipinski definition) is 1. The van der Waals surface area contributed by atoms with E-state index in [9.17, 15) is 0 Å². The van der Waals surface area contributed by atoms with Gasteiger partial charge in [-0.25, -0.2) is 4.85 Å². The Labute approximate surface area is 89.0 Å². The van der Waals surface area contributed by atoms with Gasteiger partial charge in [0, 0.05) is 11.4 Å². The van der Waals surface area contributed by atoms with Crippen LogP contribution in [0.1, 0.15) is 0 Å². The largest absolute Gasteiger partial charge is 0.365 e. The third kappa shape index (κ3) is 2.15. The molecule has 2 rings (SSSR count). The van der Waals surface area contributed by atoms with Crippen LogP contribution in [-0.2, 0) is 0 Å². The molecule has 2 aromatic rings. The maximum absolute atomic E-state index is 7.04. The van der Waals surface area contributed by atoms with Gasteiger partial charge in [-0.3, -0.25) is 0 Å². The van der Waals surface area contributed by atoms with Gasteiger partial charge in [0.2, 0.25) is 5.69 Å². The molecule has 15 heavy (non-hydrogen) atoms. The SMILES string of the molecule is [C-]#[N+]c1ccccc1Nc1ccccc1. The van der Waals surface area contributed by atoms with Crippen LogP contribution in [0.15, 0.2) is 54.6 Å². The van der Waals surface area contributed by atoms with Crippen LogP contribution < -0.4 is 5.32 Å². The summed E-state index contributed by atoms with van der Waals surface area (Å²) in [7, 11) is 0. The Morgan fingerprint density at radius 3 is 2.27 bits per heavy atom. The van der Waals surface area contributed by atoms with E-state index >= 15 is 0 Å². The van der Waals surface area contributed by atoms with Gasteiger partial charge in [0.15, 0.2) is 0 Å². The van der Waals surface area contributed by atoms with Crippen molar-refractivity contribution >= 4 is 17.1 Å². The van der Waals surface area contributed by atoms with Gasteiger partial charge in [0.1, 0.15) is 0 Å². The molecule has 0 saturated carbocycles. The van der Waals surface area contributed by atoms with Crippen molar-refractivity contribution in [3.05, 3.63) is 66.0 Å². The molecule has 0 atom stereocenters. The summed E-state index contributed by atoms with van der Waals surface area (Å²) in [5.41, 5.74) is 2.48. The van der Waals surface area contributed by atoms with Gasteiger partial charge in [-0.15, -0.1) is 0 Å². The molecule has 72 valence electrons. The van der Waals surface area contributed by atoms with E-state index in [0.717, 1.165) is 11.4 Å². The number of para-hydroxylation sites is 3. The normalized spacial score (nSPS) is 9.27. The van der Waals surface area contributed by atoms with Crippen LogP contribution in [0.4, 0.5) is 17.1 Å². The van der Waals surface area contributed by atoms with Crippen molar-refractivity contribution in [3.8, 4) is 0 Å². The maximum Gasteiger partial charge on any atom is 0.209 e. The predicted octanol–water partition coefficient (Wildman–Crippen LogP) is 3.98. The highest BCUT2D eigenvalue weighted by molar-refractivity contribution is 5.74. The van der Waals surface area contributed by atoms with Gasteiger partial charge in [-0.2, -0.15) is 0 Å². The molecule has 0 saturated heterocycles. The van der Waals surface area contributed by atoms with Crippen molar-refractivity contribution in [3.63, 3.8) is 0 Å². The molecule has 0 heterocycles. The zero-order valence-corrected chi connectivity index (χ0v) is 8.14. The van der Waals surface area contributed by atoms with E-state index in [1.54, 1.807) is 6.07 Å². The average Bonchev–Trinajstić information content (AvgIpc) is 2.31. The Balaban J connectivity index is 2.29. The monoisotopic (exact) mass is 194 g/mol. The second-order valence-corrected chi connectivity index (χ2v) is 3.12. The van der Waals surface area contributed by atoms with Gasteiger partial charge >= 0.3 is 0 Å². The van der Waals surface area contributed by atoms with E-state index in [-0.39, 0.29) is 0 Å². The second-order valence-electron chi connectivity index (χ2n) is 3.12. The van der Waals surface area contributed by atoms with E-state index < -0.39 is 0 Å². The summed E-state index contributed by atoms with van der Waals surface area (Å²) in [6, 6.07) is 17.3. The highest BCUT2D eigenvalue weighted by atomic mass is 14.9. The average molecular weight is 194 g/mol. The van der Waals surface area contributed by atoms with Gasteiger partial charge in [-0.1, -0.05) is 36.4 Å². The summed E-state index contributed by atoms with van der Waals surface area (Å²) in [5.74, 6) is 0. The first-order chi connectivity index (χ1) is 7.40. The van der Waals surface area contributed by atoms with Crippen LogP contribution in [0.2, 0.25) is 0 Å². The molecule has 0 unspecified atom stereocenters. The molecular weight excluding hydrogens is 184 g/mol. The van der Waals surface area contributed by atoms with Crippen molar-refractivity contribution < 1.29 is 0 Å². The lowest BCUT2D eigenvalue weighted by molar-refractivity contribution is 1.56. The molecule has 0 bridgehead atoms. The Kier molecular flexibility index (Phi) is 2.66. The van der Waals surface area contributed by atoms with E-state index in [1.807, 2.05) is 48.5 Å². The van der Waals surface area contributed by atoms with Crippen molar-refractivity contribution in [2.24, 2.45) is 0 Å². The van der Waals surface area contributed by atoms with Crippen molar-refractivity contribution in [1.29, 1.82) is 0 Å². The fraction of sp³-hybridized carbons (Fsp3) is 0. The lowest BCUT2D eigenvalue weighted by atomic mass is 10.2.